The maximum Gasteiger partial charge on any atom is 0.310 e. The Bertz CT molecular complexity index is 298. The zero-order chi connectivity index (χ0) is 12.4. The molecule has 3 nitrogen and oxygen atoms in total. The van der Waals surface area contributed by atoms with Crippen molar-refractivity contribution in [3.05, 3.63) is 35.9 Å². The van der Waals surface area contributed by atoms with Crippen LogP contribution in [0, 0.1) is 5.92 Å². The minimum absolute atomic E-state index is 0.148. The lowest BCUT2D eigenvalue weighted by molar-refractivity contribution is -0.143. The second-order valence-corrected chi connectivity index (χ2v) is 3.74. The van der Waals surface area contributed by atoms with Crippen LogP contribution in [0.2, 0.25) is 0 Å². The number of esters is 1. The topological polar surface area (TPSA) is 43.4 Å². The molecular formula is C12H18O3P+. The number of benzene rings is 1. The van der Waals surface area contributed by atoms with Gasteiger partial charge in [-0.1, -0.05) is 48.7 Å². The number of hydrogen-bond donors (Lipinski definition) is 0. The van der Waals surface area contributed by atoms with Crippen molar-refractivity contribution in [2.75, 3.05) is 6.61 Å². The Kier molecular flexibility index (Phi) is 8.36. The smallest absolute Gasteiger partial charge is 0.310 e. The summed E-state index contributed by atoms with van der Waals surface area (Å²) < 4.78 is 13.2. The van der Waals surface area contributed by atoms with Crippen molar-refractivity contribution in [1.29, 1.82) is 0 Å². The van der Waals surface area contributed by atoms with Gasteiger partial charge in [0.05, 0.1) is 13.0 Å². The van der Waals surface area contributed by atoms with E-state index in [-0.39, 0.29) is 5.97 Å². The maximum absolute atomic E-state index is 11.3. The van der Waals surface area contributed by atoms with Gasteiger partial charge in [0.15, 0.2) is 0 Å². The van der Waals surface area contributed by atoms with Crippen LogP contribution in [0.5, 0.6) is 0 Å². The van der Waals surface area contributed by atoms with Crippen molar-refractivity contribution in [2.24, 2.45) is 5.92 Å². The van der Waals surface area contributed by atoms with Gasteiger partial charge in [0.25, 0.3) is 0 Å². The van der Waals surface area contributed by atoms with Crippen LogP contribution in [0.3, 0.4) is 0 Å². The molecule has 0 spiro atoms. The van der Waals surface area contributed by atoms with Gasteiger partial charge in [-0.05, 0) is 11.5 Å². The molecule has 1 unspecified atom stereocenters. The number of hydrogen-bond acceptors (Lipinski definition) is 3. The second-order valence-electron chi connectivity index (χ2n) is 3.74. The molecule has 0 radical (unpaired) electrons. The normalized spacial score (nSPS) is 9.19. The van der Waals surface area contributed by atoms with Crippen molar-refractivity contribution < 1.29 is 14.1 Å². The molecule has 0 fully saturated rings. The molecule has 1 rings (SSSR count). The van der Waals surface area contributed by atoms with Gasteiger partial charge in [0, 0.05) is 0 Å². The Morgan fingerprint density at radius 3 is 2.31 bits per heavy atom. The van der Waals surface area contributed by atoms with Gasteiger partial charge in [0.2, 0.25) is 0 Å². The lowest BCUT2D eigenvalue weighted by atomic mass is 10.1. The van der Waals surface area contributed by atoms with E-state index in [9.17, 15) is 4.79 Å². The van der Waals surface area contributed by atoms with Crippen LogP contribution >= 0.6 is 9.12 Å². The molecule has 0 N–H and O–H groups in total. The van der Waals surface area contributed by atoms with Crippen molar-refractivity contribution in [3.8, 4) is 0 Å². The van der Waals surface area contributed by atoms with Crippen molar-refractivity contribution in [3.63, 3.8) is 0 Å². The first-order valence-corrected chi connectivity index (χ1v) is 5.58. The third-order valence-electron chi connectivity index (χ3n) is 1.77. The summed E-state index contributed by atoms with van der Waals surface area (Å²) in [6, 6.07) is 9.63. The zero-order valence-electron chi connectivity index (χ0n) is 9.68. The molecule has 0 aliphatic carbocycles. The largest absolute Gasteiger partial charge is 0.465 e. The lowest BCUT2D eigenvalue weighted by Gasteiger charge is -2.06. The van der Waals surface area contributed by atoms with Gasteiger partial charge in [0.1, 0.15) is 0 Å². The Morgan fingerprint density at radius 1 is 1.25 bits per heavy atom. The summed E-state index contributed by atoms with van der Waals surface area (Å²) in [6.07, 6.45) is 0.369. The fourth-order valence-electron chi connectivity index (χ4n) is 1.07. The molecule has 0 aliphatic heterocycles. The summed E-state index contributed by atoms with van der Waals surface area (Å²) >= 11 is 0. The molecule has 1 aromatic carbocycles. The van der Waals surface area contributed by atoms with Crippen LogP contribution in [0.4, 0.5) is 0 Å². The highest BCUT2D eigenvalue weighted by molar-refractivity contribution is 7.00. The monoisotopic (exact) mass is 241 g/mol. The predicted octanol–water partition coefficient (Wildman–Crippen LogP) is 2.64. The molecule has 16 heavy (non-hydrogen) atoms. The Morgan fingerprint density at radius 2 is 1.81 bits per heavy atom. The van der Waals surface area contributed by atoms with Crippen LogP contribution in [0.15, 0.2) is 30.3 Å². The minimum Gasteiger partial charge on any atom is -0.465 e. The van der Waals surface area contributed by atoms with Gasteiger partial charge in [-0.2, -0.15) is 0 Å². The van der Waals surface area contributed by atoms with Crippen LogP contribution in [-0.4, -0.2) is 12.6 Å². The third kappa shape index (κ3) is 7.13. The van der Waals surface area contributed by atoms with Gasteiger partial charge in [-0.15, -0.1) is 0 Å². The minimum atomic E-state index is -0.148. The van der Waals surface area contributed by atoms with Gasteiger partial charge < -0.3 is 4.74 Å². The molecule has 0 saturated heterocycles. The Balaban J connectivity index is 0.00000106. The van der Waals surface area contributed by atoms with E-state index in [4.69, 9.17) is 9.30 Å². The highest BCUT2D eigenvalue weighted by atomic mass is 31.0. The van der Waals surface area contributed by atoms with Crippen LogP contribution in [-0.2, 0) is 20.5 Å². The second kappa shape index (κ2) is 9.05. The van der Waals surface area contributed by atoms with E-state index in [2.05, 4.69) is 0 Å². The number of ether oxygens (including phenoxy) is 1. The lowest BCUT2D eigenvalue weighted by Crippen LogP contribution is -2.12. The number of carbonyl (C=O) groups is 1. The molecule has 0 bridgehead atoms. The van der Waals surface area contributed by atoms with Gasteiger partial charge in [-0.3, -0.25) is 4.79 Å². The first kappa shape index (κ1) is 14.8. The number of rotatable bonds is 4. The molecule has 1 atom stereocenters. The van der Waals surface area contributed by atoms with E-state index in [1.54, 1.807) is 0 Å². The molecular weight excluding hydrogens is 223 g/mol. The highest BCUT2D eigenvalue weighted by Gasteiger charge is 2.04. The fourth-order valence-corrected chi connectivity index (χ4v) is 1.07. The summed E-state index contributed by atoms with van der Waals surface area (Å²) in [4.78, 5) is 11.3. The molecule has 0 amide bonds. The standard InChI is InChI=1S/C12H16O2.H2OP/c1-10(2)9-14-12(13)8-11-6-4-3-5-7-11;1-2/h3-7,10H,8-9H2,1-2H3;2H2/q;+1. The average Bonchev–Trinajstić information content (AvgIpc) is 2.30. The molecule has 1 aromatic rings. The van der Waals surface area contributed by atoms with Crippen molar-refractivity contribution in [1.82, 2.24) is 0 Å². The SMILES string of the molecule is CC(C)COC(=O)Cc1ccccc1.O=[PH2+]. The molecule has 0 heterocycles. The zero-order valence-corrected chi connectivity index (χ0v) is 10.8. The summed E-state index contributed by atoms with van der Waals surface area (Å²) in [6.45, 7) is 4.55. The van der Waals surface area contributed by atoms with E-state index in [1.165, 1.54) is 9.12 Å². The molecule has 4 heteroatoms. The van der Waals surface area contributed by atoms with E-state index in [1.807, 2.05) is 44.2 Å². The summed E-state index contributed by atoms with van der Waals surface area (Å²) in [5.41, 5.74) is 1.00. The predicted molar refractivity (Wildman–Crippen MR) is 66.3 cm³/mol. The Labute approximate surface area is 98.4 Å². The molecule has 0 aromatic heterocycles. The van der Waals surface area contributed by atoms with E-state index in [0.29, 0.717) is 18.9 Å². The average molecular weight is 241 g/mol. The molecule has 0 saturated carbocycles. The van der Waals surface area contributed by atoms with E-state index >= 15 is 0 Å². The van der Waals surface area contributed by atoms with Crippen LogP contribution in [0.1, 0.15) is 19.4 Å². The van der Waals surface area contributed by atoms with E-state index < -0.39 is 0 Å². The Hall–Kier alpha value is -1.21. The van der Waals surface area contributed by atoms with Gasteiger partial charge in [-0.25, -0.2) is 0 Å². The summed E-state index contributed by atoms with van der Waals surface area (Å²) in [5, 5.41) is 0. The van der Waals surface area contributed by atoms with Gasteiger partial charge >= 0.3 is 15.1 Å². The van der Waals surface area contributed by atoms with Crippen LogP contribution in [0.25, 0.3) is 0 Å². The van der Waals surface area contributed by atoms with E-state index in [0.717, 1.165) is 5.56 Å². The highest BCUT2D eigenvalue weighted by Crippen LogP contribution is 2.02. The first-order chi connectivity index (χ1) is 7.68. The van der Waals surface area contributed by atoms with Crippen LogP contribution < -0.4 is 0 Å². The fraction of sp³-hybridized carbons (Fsp3) is 0.417. The van der Waals surface area contributed by atoms with Crippen molar-refractivity contribution >= 4 is 15.1 Å². The third-order valence-corrected chi connectivity index (χ3v) is 1.77. The molecule has 88 valence electrons. The molecule has 0 aliphatic rings. The summed E-state index contributed by atoms with van der Waals surface area (Å²) in [7, 11) is 1.17. The maximum atomic E-state index is 11.3. The van der Waals surface area contributed by atoms with Crippen molar-refractivity contribution in [2.45, 2.75) is 20.3 Å². The summed E-state index contributed by atoms with van der Waals surface area (Å²) in [5.74, 6) is 0.250. The quantitative estimate of drug-likeness (QED) is 0.601. The first-order valence-electron chi connectivity index (χ1n) is 5.11. The number of carbonyl (C=O) groups excluding carboxylic acids is 1.